The minimum atomic E-state index is -4.22. The number of sulfone groups is 1. The molecule has 2 atom stereocenters. The number of amides is 2. The van der Waals surface area contributed by atoms with Gasteiger partial charge in [0.05, 0.1) is 4.90 Å². The fourth-order valence-corrected chi connectivity index (χ4v) is 8.08. The Hall–Kier alpha value is -2.87. The number of phenols is 2. The molecule has 252 valence electrons. The van der Waals surface area contributed by atoms with Crippen molar-refractivity contribution >= 4 is 132 Å². The van der Waals surface area contributed by atoms with Crippen molar-refractivity contribution in [1.82, 2.24) is 30.0 Å². The summed E-state index contributed by atoms with van der Waals surface area (Å²) in [5, 5.41) is 48.9. The SMILES string of the molecule is Cn1nc(O)c(=O)nc1SCC1=C(C(=O)O)N2C(=O)[C@@H](NC(=O)/C(=N\OCS(=O)(=O)c3ccc(O)c(O)c3)c3csc(N)n3)[C@H]2SC1.[NaH].[NaH]. The number of nitrogens with two attached hydrogens (primary N) is 1. The van der Waals surface area contributed by atoms with E-state index >= 15 is 0 Å². The summed E-state index contributed by atoms with van der Waals surface area (Å²) < 4.78 is 26.4. The van der Waals surface area contributed by atoms with Crippen molar-refractivity contribution in [2.45, 2.75) is 21.5 Å². The van der Waals surface area contributed by atoms with Gasteiger partial charge in [0.15, 0.2) is 27.5 Å². The number of nitrogens with one attached hydrogen (secondary N) is 1. The Labute approximate surface area is 332 Å². The third-order valence-corrected chi connectivity index (χ3v) is 11.0. The molecule has 2 aliphatic heterocycles. The molecule has 5 rings (SSSR count). The van der Waals surface area contributed by atoms with Crippen molar-refractivity contribution < 1.29 is 48.1 Å². The average molecular weight is 775 g/mol. The number of thiazole rings is 1. The van der Waals surface area contributed by atoms with Gasteiger partial charge in [-0.05, 0) is 17.7 Å². The van der Waals surface area contributed by atoms with Crippen LogP contribution in [0.15, 0.2) is 54.9 Å². The van der Waals surface area contributed by atoms with Crippen molar-refractivity contribution in [2.24, 2.45) is 12.2 Å². The van der Waals surface area contributed by atoms with E-state index in [0.717, 1.165) is 62.6 Å². The molecule has 0 saturated carbocycles. The molecule has 19 nitrogen and oxygen atoms in total. The second-order valence-electron chi connectivity index (χ2n) is 9.58. The van der Waals surface area contributed by atoms with Gasteiger partial charge in [0.25, 0.3) is 17.7 Å². The first-order valence-corrected chi connectivity index (χ1v) is 17.4. The van der Waals surface area contributed by atoms with Crippen LogP contribution in [0.3, 0.4) is 0 Å². The standard InChI is InChI=1S/C24H22N8O11S4.2Na.2H/c1-31-24(28-18(36)19(37)29-31)46-6-9-5-44-21-15(20(38)32(21)16(9)22(39)40)27-17(35)14(11-7-45-23(25)26-11)30-43-8-47(41,42)10-2-3-12(33)13(34)4-10;;;;/h2-4,7,15,21,33-34H,5-6,8H2,1H3,(H2,25,26)(H,27,35)(H,29,37)(H,39,40);;;;/b30-14-;;;;/t15-,21-;;;;/m1..../s1. The van der Waals surface area contributed by atoms with E-state index < -0.39 is 78.5 Å². The summed E-state index contributed by atoms with van der Waals surface area (Å²) in [5.74, 6) is -6.10. The number of aromatic hydroxyl groups is 3. The molecule has 0 aliphatic carbocycles. The van der Waals surface area contributed by atoms with Crippen molar-refractivity contribution in [3.63, 3.8) is 0 Å². The third-order valence-electron chi connectivity index (χ3n) is 6.47. The second-order valence-corrected chi connectivity index (χ2v) is 14.5. The average Bonchev–Trinajstić information content (AvgIpc) is 3.45. The fraction of sp³-hybridized carbons (Fsp3) is 0.250. The van der Waals surface area contributed by atoms with Gasteiger partial charge >= 0.3 is 70.6 Å². The number of β-lactam (4-membered cyclic amide) rings is 1. The number of fused-ring (bicyclic) bond motifs is 1. The quantitative estimate of drug-likeness (QED) is 0.0299. The number of aliphatic carboxylic acids is 1. The van der Waals surface area contributed by atoms with E-state index in [4.69, 9.17) is 10.6 Å². The monoisotopic (exact) mass is 774 g/mol. The number of oxime groups is 1. The Bertz CT molecular complexity index is 2040. The Morgan fingerprint density at radius 3 is 2.53 bits per heavy atom. The second kappa shape index (κ2) is 16.4. The van der Waals surface area contributed by atoms with Gasteiger partial charge in [0.1, 0.15) is 22.8 Å². The zero-order valence-electron chi connectivity index (χ0n) is 23.6. The van der Waals surface area contributed by atoms with Crippen molar-refractivity contribution in [3.05, 3.63) is 50.9 Å². The number of phenolic OH excluding ortho intramolecular Hbond substituents is 2. The molecule has 2 aliphatic rings. The van der Waals surface area contributed by atoms with E-state index in [0.29, 0.717) is 5.57 Å². The zero-order chi connectivity index (χ0) is 34.2. The predicted octanol–water partition coefficient (Wildman–Crippen LogP) is -2.28. The number of carbonyl (C=O) groups is 3. The number of thioether (sulfide) groups is 2. The molecule has 1 saturated heterocycles. The van der Waals surface area contributed by atoms with Crippen LogP contribution in [0, 0.1) is 0 Å². The molecule has 0 radical (unpaired) electrons. The Balaban J connectivity index is 0.00000325. The molecule has 7 N–H and O–H groups in total. The van der Waals surface area contributed by atoms with Gasteiger partial charge in [-0.3, -0.25) is 19.3 Å². The normalized spacial score (nSPS) is 17.3. The molecule has 3 aromatic rings. The van der Waals surface area contributed by atoms with Crippen LogP contribution in [-0.4, -0.2) is 165 Å². The minimum absolute atomic E-state index is 0. The number of rotatable bonds is 11. The van der Waals surface area contributed by atoms with Crippen molar-refractivity contribution in [1.29, 1.82) is 0 Å². The molecule has 49 heavy (non-hydrogen) atoms. The number of anilines is 1. The van der Waals surface area contributed by atoms with Gasteiger partial charge in [0, 0.05) is 30.0 Å². The number of carbonyl (C=O) groups excluding carboxylic acids is 2. The predicted molar refractivity (Wildman–Crippen MR) is 180 cm³/mol. The summed E-state index contributed by atoms with van der Waals surface area (Å²) in [6.45, 7) is 0. The summed E-state index contributed by atoms with van der Waals surface area (Å²) in [4.78, 5) is 63.7. The van der Waals surface area contributed by atoms with E-state index in [1.54, 1.807) is 0 Å². The molecule has 0 spiro atoms. The molecule has 1 aromatic carbocycles. The maximum absolute atomic E-state index is 13.3. The van der Waals surface area contributed by atoms with Crippen LogP contribution in [0.4, 0.5) is 5.13 Å². The zero-order valence-corrected chi connectivity index (χ0v) is 26.9. The van der Waals surface area contributed by atoms with Gasteiger partial charge in [-0.25, -0.2) is 22.9 Å². The van der Waals surface area contributed by atoms with E-state index in [-0.39, 0.29) is 92.3 Å². The van der Waals surface area contributed by atoms with Gasteiger partial charge in [0.2, 0.25) is 15.8 Å². The van der Waals surface area contributed by atoms with E-state index in [9.17, 15) is 48.0 Å². The third kappa shape index (κ3) is 8.72. The first kappa shape index (κ1) is 40.6. The van der Waals surface area contributed by atoms with Crippen molar-refractivity contribution in [2.75, 3.05) is 23.2 Å². The molecule has 0 unspecified atom stereocenters. The van der Waals surface area contributed by atoms with E-state index in [1.165, 1.54) is 12.4 Å². The van der Waals surface area contributed by atoms with Crippen LogP contribution >= 0.6 is 34.9 Å². The maximum atomic E-state index is 13.3. The van der Waals surface area contributed by atoms with Gasteiger partial charge < -0.3 is 36.3 Å². The molecule has 0 bridgehead atoms. The first-order chi connectivity index (χ1) is 22.2. The molecular formula is C24H24N8Na2O11S4. The number of carboxylic acids is 1. The van der Waals surface area contributed by atoms with E-state index in [2.05, 4.69) is 25.5 Å². The summed E-state index contributed by atoms with van der Waals surface area (Å²) in [6.07, 6.45) is 0. The fourth-order valence-electron chi connectivity index (χ4n) is 4.24. The molecule has 2 aromatic heterocycles. The Kier molecular flexibility index (Phi) is 13.6. The number of hydrogen-bond acceptors (Lipinski definition) is 18. The first-order valence-electron chi connectivity index (χ1n) is 12.8. The van der Waals surface area contributed by atoms with Crippen LogP contribution in [0.2, 0.25) is 0 Å². The summed E-state index contributed by atoms with van der Waals surface area (Å²) in [7, 11) is -2.79. The number of benzene rings is 1. The van der Waals surface area contributed by atoms with Crippen LogP contribution in [0.25, 0.3) is 0 Å². The summed E-state index contributed by atoms with van der Waals surface area (Å²) in [5.41, 5.74) is 4.13. The number of hydrogen-bond donors (Lipinski definition) is 6. The van der Waals surface area contributed by atoms with Crippen LogP contribution < -0.4 is 16.6 Å². The van der Waals surface area contributed by atoms with Crippen LogP contribution in [-0.2, 0) is 36.1 Å². The Morgan fingerprint density at radius 2 is 1.90 bits per heavy atom. The number of aromatic nitrogens is 4. The Morgan fingerprint density at radius 1 is 1.18 bits per heavy atom. The van der Waals surface area contributed by atoms with Crippen molar-refractivity contribution in [3.8, 4) is 17.4 Å². The van der Waals surface area contributed by atoms with Gasteiger partial charge in [-0.1, -0.05) is 16.9 Å². The number of aryl methyl sites for hydroxylation is 1. The summed E-state index contributed by atoms with van der Waals surface area (Å²) >= 11 is 3.08. The molecule has 2 amide bonds. The van der Waals surface area contributed by atoms with E-state index in [1.807, 2.05) is 0 Å². The molecule has 1 fully saturated rings. The summed E-state index contributed by atoms with van der Waals surface area (Å²) in [6, 6.07) is 1.58. The molecule has 25 heteroatoms. The number of nitrogen functional groups attached to an aromatic ring is 1. The van der Waals surface area contributed by atoms with Gasteiger partial charge in [-0.15, -0.1) is 28.2 Å². The van der Waals surface area contributed by atoms with Gasteiger partial charge in [-0.2, -0.15) is 4.98 Å². The van der Waals surface area contributed by atoms with Crippen LogP contribution in [0.1, 0.15) is 5.69 Å². The number of nitrogens with zero attached hydrogens (tertiary/aromatic N) is 6. The molecular weight excluding hydrogens is 751 g/mol. The molecule has 4 heterocycles. The number of carboxylic acid groups (broad SMARTS) is 1. The topological polar surface area (TPSA) is 290 Å². The van der Waals surface area contributed by atoms with Crippen LogP contribution in [0.5, 0.6) is 17.4 Å².